The van der Waals surface area contributed by atoms with Crippen molar-refractivity contribution < 1.29 is 9.53 Å². The summed E-state index contributed by atoms with van der Waals surface area (Å²) < 4.78 is 7.09. The van der Waals surface area contributed by atoms with E-state index in [0.29, 0.717) is 10.7 Å². The van der Waals surface area contributed by atoms with Crippen LogP contribution in [0, 0.1) is 5.92 Å². The van der Waals surface area contributed by atoms with Crippen LogP contribution in [0.3, 0.4) is 0 Å². The molecule has 4 nitrogen and oxygen atoms in total. The van der Waals surface area contributed by atoms with E-state index in [2.05, 4.69) is 19.2 Å². The number of aromatic nitrogens is 1. The number of carbonyl (C=O) groups excluding carboxylic acids is 1. The van der Waals surface area contributed by atoms with Gasteiger partial charge in [0.2, 0.25) is 0 Å². The van der Waals surface area contributed by atoms with Crippen molar-refractivity contribution in [2.75, 3.05) is 7.11 Å². The molecule has 136 valence electrons. The zero-order valence-electron chi connectivity index (χ0n) is 15.4. The average molecular weight is 371 g/mol. The van der Waals surface area contributed by atoms with E-state index >= 15 is 0 Å². The summed E-state index contributed by atoms with van der Waals surface area (Å²) in [5, 5.41) is 4.69. The highest BCUT2D eigenvalue weighted by atomic mass is 35.5. The Labute approximate surface area is 158 Å². The Morgan fingerprint density at radius 3 is 2.42 bits per heavy atom. The van der Waals surface area contributed by atoms with E-state index in [4.69, 9.17) is 16.3 Å². The molecule has 1 atom stereocenters. The molecule has 0 aliphatic carbocycles. The van der Waals surface area contributed by atoms with Crippen molar-refractivity contribution >= 4 is 28.4 Å². The van der Waals surface area contributed by atoms with Crippen molar-refractivity contribution in [2.45, 2.75) is 19.9 Å². The maximum absolute atomic E-state index is 13.0. The Morgan fingerprint density at radius 1 is 1.15 bits per heavy atom. The predicted molar refractivity (Wildman–Crippen MR) is 106 cm³/mol. The van der Waals surface area contributed by atoms with Gasteiger partial charge in [-0.1, -0.05) is 43.6 Å². The maximum Gasteiger partial charge on any atom is 0.268 e. The topological polar surface area (TPSA) is 43.3 Å². The number of hydrogen-bond donors (Lipinski definition) is 1. The minimum Gasteiger partial charge on any atom is -0.497 e. The molecule has 26 heavy (non-hydrogen) atoms. The smallest absolute Gasteiger partial charge is 0.268 e. The number of benzene rings is 2. The molecule has 2 aromatic carbocycles. The number of fused-ring (bicyclic) bond motifs is 1. The number of halogens is 1. The lowest BCUT2D eigenvalue weighted by molar-refractivity contribution is 0.0917. The van der Waals surface area contributed by atoms with Gasteiger partial charge in [-0.25, -0.2) is 0 Å². The highest BCUT2D eigenvalue weighted by Gasteiger charge is 2.22. The molecule has 1 N–H and O–H groups in total. The van der Waals surface area contributed by atoms with Gasteiger partial charge in [0.25, 0.3) is 5.91 Å². The van der Waals surface area contributed by atoms with Crippen LogP contribution in [0.25, 0.3) is 10.9 Å². The largest absolute Gasteiger partial charge is 0.497 e. The Hall–Kier alpha value is -2.46. The number of hydrogen-bond acceptors (Lipinski definition) is 2. The quantitative estimate of drug-likeness (QED) is 0.689. The minimum atomic E-state index is -0.116. The molecule has 0 fully saturated rings. The summed E-state index contributed by atoms with van der Waals surface area (Å²) in [5.74, 6) is 0.922. The van der Waals surface area contributed by atoms with Gasteiger partial charge in [0.15, 0.2) is 0 Å². The normalized spacial score (nSPS) is 12.4. The number of ether oxygens (including phenoxy) is 1. The SMILES string of the molecule is COc1ccc(C(NC(=O)c2cc3c(Cl)cccc3n2C)C(C)C)cc1. The van der Waals surface area contributed by atoms with Crippen LogP contribution in [0.4, 0.5) is 0 Å². The van der Waals surface area contributed by atoms with Crippen molar-refractivity contribution in [2.24, 2.45) is 13.0 Å². The minimum absolute atomic E-state index is 0.0955. The number of nitrogens with zero attached hydrogens (tertiary/aromatic N) is 1. The lowest BCUT2D eigenvalue weighted by atomic mass is 9.96. The molecule has 1 amide bonds. The fourth-order valence-electron chi connectivity index (χ4n) is 3.20. The van der Waals surface area contributed by atoms with Gasteiger partial charge in [-0.15, -0.1) is 0 Å². The summed E-state index contributed by atoms with van der Waals surface area (Å²) in [6.45, 7) is 4.18. The zero-order valence-corrected chi connectivity index (χ0v) is 16.2. The van der Waals surface area contributed by atoms with E-state index in [1.807, 2.05) is 60.1 Å². The Morgan fingerprint density at radius 2 is 1.85 bits per heavy atom. The maximum atomic E-state index is 13.0. The summed E-state index contributed by atoms with van der Waals surface area (Å²) in [4.78, 5) is 13.0. The molecular formula is C21H23ClN2O2. The third kappa shape index (κ3) is 3.42. The molecule has 0 spiro atoms. The highest BCUT2D eigenvalue weighted by molar-refractivity contribution is 6.35. The van der Waals surface area contributed by atoms with E-state index < -0.39 is 0 Å². The fourth-order valence-corrected chi connectivity index (χ4v) is 3.43. The first-order valence-corrected chi connectivity index (χ1v) is 8.99. The number of amides is 1. The van der Waals surface area contributed by atoms with E-state index in [1.165, 1.54) is 0 Å². The van der Waals surface area contributed by atoms with Crippen LogP contribution in [0.1, 0.15) is 35.9 Å². The zero-order chi connectivity index (χ0) is 18.8. The number of aryl methyl sites for hydroxylation is 1. The van der Waals surface area contributed by atoms with Crippen molar-refractivity contribution in [1.82, 2.24) is 9.88 Å². The molecule has 0 aliphatic rings. The Kier molecular flexibility index (Phi) is 5.23. The predicted octanol–water partition coefficient (Wildman–Crippen LogP) is 4.97. The van der Waals surface area contributed by atoms with E-state index in [1.54, 1.807) is 7.11 Å². The van der Waals surface area contributed by atoms with Gasteiger partial charge in [-0.05, 0) is 41.8 Å². The Bertz CT molecular complexity index is 929. The molecule has 5 heteroatoms. The standard InChI is InChI=1S/C21H23ClN2O2/c1-13(2)20(14-8-10-15(26-4)11-9-14)23-21(25)19-12-16-17(22)6-5-7-18(16)24(19)3/h5-13,20H,1-4H3,(H,23,25). The van der Waals surface area contributed by atoms with Gasteiger partial charge in [0, 0.05) is 23.0 Å². The molecule has 3 rings (SSSR count). The molecular weight excluding hydrogens is 348 g/mol. The van der Waals surface area contributed by atoms with Crippen molar-refractivity contribution in [3.8, 4) is 5.75 Å². The van der Waals surface area contributed by atoms with E-state index in [-0.39, 0.29) is 17.9 Å². The van der Waals surface area contributed by atoms with Crippen LogP contribution in [0.5, 0.6) is 5.75 Å². The van der Waals surface area contributed by atoms with Crippen LogP contribution in [-0.2, 0) is 7.05 Å². The van der Waals surface area contributed by atoms with E-state index in [0.717, 1.165) is 22.2 Å². The van der Waals surface area contributed by atoms with Crippen LogP contribution in [0.15, 0.2) is 48.5 Å². The van der Waals surface area contributed by atoms with Gasteiger partial charge < -0.3 is 14.6 Å². The molecule has 0 saturated carbocycles. The molecule has 1 unspecified atom stereocenters. The van der Waals surface area contributed by atoms with Crippen molar-refractivity contribution in [1.29, 1.82) is 0 Å². The third-order valence-electron chi connectivity index (χ3n) is 4.69. The number of methoxy groups -OCH3 is 1. The molecule has 0 aliphatic heterocycles. The molecule has 1 heterocycles. The molecule has 0 saturated heterocycles. The summed E-state index contributed by atoms with van der Waals surface area (Å²) in [6.07, 6.45) is 0. The van der Waals surface area contributed by atoms with Crippen molar-refractivity contribution in [3.63, 3.8) is 0 Å². The van der Waals surface area contributed by atoms with Crippen LogP contribution >= 0.6 is 11.6 Å². The van der Waals surface area contributed by atoms with Crippen LogP contribution in [-0.4, -0.2) is 17.6 Å². The lowest BCUT2D eigenvalue weighted by Gasteiger charge is -2.23. The average Bonchev–Trinajstić information content (AvgIpc) is 2.98. The fraction of sp³-hybridized carbons (Fsp3) is 0.286. The first-order chi connectivity index (χ1) is 12.4. The summed E-state index contributed by atoms with van der Waals surface area (Å²) in [7, 11) is 3.52. The van der Waals surface area contributed by atoms with E-state index in [9.17, 15) is 4.79 Å². The number of carbonyl (C=O) groups is 1. The van der Waals surface area contributed by atoms with Gasteiger partial charge in [0.05, 0.1) is 13.2 Å². The second kappa shape index (κ2) is 7.42. The molecule has 0 radical (unpaired) electrons. The molecule has 0 bridgehead atoms. The van der Waals surface area contributed by atoms with Gasteiger partial charge in [0.1, 0.15) is 11.4 Å². The second-order valence-corrected chi connectivity index (χ2v) is 7.14. The number of nitrogens with one attached hydrogen (secondary N) is 1. The lowest BCUT2D eigenvalue weighted by Crippen LogP contribution is -2.32. The Balaban J connectivity index is 1.91. The molecule has 1 aromatic heterocycles. The first-order valence-electron chi connectivity index (χ1n) is 8.61. The van der Waals surface area contributed by atoms with Crippen molar-refractivity contribution in [3.05, 3.63) is 64.8 Å². The second-order valence-electron chi connectivity index (χ2n) is 6.73. The number of rotatable bonds is 5. The van der Waals surface area contributed by atoms with Crippen LogP contribution in [0.2, 0.25) is 5.02 Å². The third-order valence-corrected chi connectivity index (χ3v) is 5.02. The van der Waals surface area contributed by atoms with Gasteiger partial charge in [-0.3, -0.25) is 4.79 Å². The molecule has 3 aromatic rings. The summed E-state index contributed by atoms with van der Waals surface area (Å²) >= 11 is 6.27. The monoisotopic (exact) mass is 370 g/mol. The summed E-state index contributed by atoms with van der Waals surface area (Å²) in [5.41, 5.74) is 2.58. The summed E-state index contributed by atoms with van der Waals surface area (Å²) in [6, 6.07) is 15.2. The van der Waals surface area contributed by atoms with Gasteiger partial charge in [-0.2, -0.15) is 0 Å². The van der Waals surface area contributed by atoms with Crippen LogP contribution < -0.4 is 10.1 Å². The van der Waals surface area contributed by atoms with Gasteiger partial charge >= 0.3 is 0 Å². The highest BCUT2D eigenvalue weighted by Crippen LogP contribution is 2.28. The first kappa shape index (κ1) is 18.3.